The van der Waals surface area contributed by atoms with Crippen LogP contribution < -0.4 is 0 Å². The number of fused-ring (bicyclic) bond motifs is 1. The van der Waals surface area contributed by atoms with Crippen LogP contribution in [0.25, 0.3) is 0 Å². The van der Waals surface area contributed by atoms with E-state index in [1.807, 2.05) is 0 Å². The quantitative estimate of drug-likeness (QED) is 0.584. The number of hydrogen-bond acceptors (Lipinski definition) is 0. The van der Waals surface area contributed by atoms with Gasteiger partial charge in [-0.3, -0.25) is 0 Å². The topological polar surface area (TPSA) is 0 Å². The first-order valence-corrected chi connectivity index (χ1v) is 4.20. The summed E-state index contributed by atoms with van der Waals surface area (Å²) >= 11 is 0. The molecule has 0 radical (unpaired) electrons. The first-order valence-electron chi connectivity index (χ1n) is 4.20. The second-order valence-electron chi connectivity index (χ2n) is 3.27. The first kappa shape index (κ1) is 8.60. The van der Waals surface area contributed by atoms with Crippen LogP contribution in [0.15, 0.2) is 24.3 Å². The van der Waals surface area contributed by atoms with E-state index in [2.05, 4.69) is 0 Å². The molecule has 1 aliphatic rings. The Morgan fingerprint density at radius 1 is 1.08 bits per heavy atom. The van der Waals surface area contributed by atoms with E-state index in [9.17, 15) is 13.2 Å². The summed E-state index contributed by atoms with van der Waals surface area (Å²) in [4.78, 5) is 0. The van der Waals surface area contributed by atoms with Crippen LogP contribution in [0, 0.1) is 0 Å². The summed E-state index contributed by atoms with van der Waals surface area (Å²) in [7, 11) is 0. The lowest BCUT2D eigenvalue weighted by molar-refractivity contribution is 0.0702. The van der Waals surface area contributed by atoms with Crippen molar-refractivity contribution in [2.45, 2.75) is 24.9 Å². The SMILES string of the molecule is FC1Cc2ccccc2C(F)C1F. The van der Waals surface area contributed by atoms with E-state index in [1.165, 1.54) is 6.07 Å². The average Bonchev–Trinajstić information content (AvgIpc) is 2.15. The molecule has 0 heterocycles. The molecule has 1 aliphatic carbocycles. The summed E-state index contributed by atoms with van der Waals surface area (Å²) in [6, 6.07) is 6.49. The summed E-state index contributed by atoms with van der Waals surface area (Å²) in [5, 5.41) is 0. The van der Waals surface area contributed by atoms with Gasteiger partial charge in [0.15, 0.2) is 12.3 Å². The summed E-state index contributed by atoms with van der Waals surface area (Å²) in [6.07, 6.45) is -5.53. The van der Waals surface area contributed by atoms with Crippen molar-refractivity contribution in [2.24, 2.45) is 0 Å². The summed E-state index contributed by atoms with van der Waals surface area (Å²) in [5.41, 5.74) is 0.875. The highest BCUT2D eigenvalue weighted by Crippen LogP contribution is 2.35. The zero-order valence-electron chi connectivity index (χ0n) is 6.88. The third-order valence-electron chi connectivity index (χ3n) is 2.39. The summed E-state index contributed by atoms with van der Waals surface area (Å²) in [6.45, 7) is 0. The predicted octanol–water partition coefficient (Wildman–Crippen LogP) is 2.93. The van der Waals surface area contributed by atoms with E-state index < -0.39 is 18.5 Å². The molecule has 0 nitrogen and oxygen atoms in total. The second kappa shape index (κ2) is 3.05. The van der Waals surface area contributed by atoms with Gasteiger partial charge in [-0.2, -0.15) is 0 Å². The Balaban J connectivity index is 2.43. The minimum Gasteiger partial charge on any atom is -0.244 e. The van der Waals surface area contributed by atoms with Gasteiger partial charge in [0.05, 0.1) is 0 Å². The molecule has 1 aromatic rings. The number of benzene rings is 1. The molecule has 0 saturated carbocycles. The van der Waals surface area contributed by atoms with Gasteiger partial charge in [0, 0.05) is 6.42 Å². The second-order valence-corrected chi connectivity index (χ2v) is 3.27. The van der Waals surface area contributed by atoms with Crippen molar-refractivity contribution in [3.8, 4) is 0 Å². The van der Waals surface area contributed by atoms with Crippen LogP contribution in [0.5, 0.6) is 0 Å². The van der Waals surface area contributed by atoms with Gasteiger partial charge in [0.25, 0.3) is 0 Å². The molecule has 13 heavy (non-hydrogen) atoms. The van der Waals surface area contributed by atoms with E-state index in [-0.39, 0.29) is 6.42 Å². The first-order chi connectivity index (χ1) is 6.20. The highest BCUT2D eigenvalue weighted by Gasteiger charge is 2.37. The zero-order chi connectivity index (χ0) is 9.42. The maximum atomic E-state index is 13.2. The van der Waals surface area contributed by atoms with Gasteiger partial charge < -0.3 is 0 Å². The van der Waals surface area contributed by atoms with Gasteiger partial charge in [-0.1, -0.05) is 24.3 Å². The van der Waals surface area contributed by atoms with Crippen molar-refractivity contribution in [2.75, 3.05) is 0 Å². The molecule has 0 bridgehead atoms. The zero-order valence-corrected chi connectivity index (χ0v) is 6.88. The van der Waals surface area contributed by atoms with Crippen LogP contribution in [0.2, 0.25) is 0 Å². The fraction of sp³-hybridized carbons (Fsp3) is 0.400. The van der Waals surface area contributed by atoms with Crippen molar-refractivity contribution in [1.29, 1.82) is 0 Å². The molecule has 0 spiro atoms. The van der Waals surface area contributed by atoms with Crippen molar-refractivity contribution in [3.05, 3.63) is 35.4 Å². The number of rotatable bonds is 0. The molecule has 70 valence electrons. The van der Waals surface area contributed by atoms with Gasteiger partial charge in [-0.05, 0) is 11.1 Å². The predicted molar refractivity (Wildman–Crippen MR) is 43.8 cm³/mol. The van der Waals surface area contributed by atoms with Crippen LogP contribution in [-0.4, -0.2) is 12.3 Å². The third kappa shape index (κ3) is 1.32. The van der Waals surface area contributed by atoms with Crippen molar-refractivity contribution in [1.82, 2.24) is 0 Å². The Bertz CT molecular complexity index is 311. The van der Waals surface area contributed by atoms with E-state index in [4.69, 9.17) is 0 Å². The largest absolute Gasteiger partial charge is 0.244 e. The van der Waals surface area contributed by atoms with E-state index in [1.54, 1.807) is 18.2 Å². The Morgan fingerprint density at radius 2 is 1.77 bits per heavy atom. The van der Waals surface area contributed by atoms with Crippen molar-refractivity contribution >= 4 is 0 Å². The maximum absolute atomic E-state index is 13.2. The maximum Gasteiger partial charge on any atom is 0.167 e. The summed E-state index contributed by atoms with van der Waals surface area (Å²) in [5.74, 6) is 0. The Morgan fingerprint density at radius 3 is 2.54 bits per heavy atom. The number of alkyl halides is 3. The molecule has 0 N–H and O–H groups in total. The van der Waals surface area contributed by atoms with Crippen LogP contribution >= 0.6 is 0 Å². The minimum atomic E-state index is -2.00. The van der Waals surface area contributed by atoms with Crippen LogP contribution in [0.4, 0.5) is 13.2 Å². The standard InChI is InChI=1S/C10H9F3/c11-8-5-6-3-1-2-4-7(6)9(12)10(8)13/h1-4,8-10H,5H2. The average molecular weight is 186 g/mol. The molecule has 0 fully saturated rings. The van der Waals surface area contributed by atoms with Gasteiger partial charge >= 0.3 is 0 Å². The minimum absolute atomic E-state index is 0.0161. The molecule has 0 amide bonds. The Kier molecular flexibility index (Phi) is 2.02. The molecule has 3 unspecified atom stereocenters. The van der Waals surface area contributed by atoms with Gasteiger partial charge in [-0.25, -0.2) is 13.2 Å². The molecule has 3 heteroatoms. The van der Waals surface area contributed by atoms with Gasteiger partial charge in [0.1, 0.15) is 6.17 Å². The van der Waals surface area contributed by atoms with Crippen LogP contribution in [0.3, 0.4) is 0 Å². The Labute approximate surface area is 74.4 Å². The lowest BCUT2D eigenvalue weighted by Crippen LogP contribution is -2.30. The van der Waals surface area contributed by atoms with Crippen LogP contribution in [-0.2, 0) is 6.42 Å². The summed E-state index contributed by atoms with van der Waals surface area (Å²) < 4.78 is 39.0. The lowest BCUT2D eigenvalue weighted by atomic mass is 9.88. The lowest BCUT2D eigenvalue weighted by Gasteiger charge is -2.25. The third-order valence-corrected chi connectivity index (χ3v) is 2.39. The fourth-order valence-electron chi connectivity index (χ4n) is 1.67. The fourth-order valence-corrected chi connectivity index (χ4v) is 1.67. The molecular formula is C10H9F3. The molecule has 1 aromatic carbocycles. The van der Waals surface area contributed by atoms with Crippen molar-refractivity contribution < 1.29 is 13.2 Å². The van der Waals surface area contributed by atoms with Crippen molar-refractivity contribution in [3.63, 3.8) is 0 Å². The highest BCUT2D eigenvalue weighted by atomic mass is 19.2. The number of hydrogen-bond donors (Lipinski definition) is 0. The number of halogens is 3. The molecule has 2 rings (SSSR count). The molecule has 3 atom stereocenters. The van der Waals surface area contributed by atoms with Gasteiger partial charge in [-0.15, -0.1) is 0 Å². The highest BCUT2D eigenvalue weighted by molar-refractivity contribution is 5.33. The van der Waals surface area contributed by atoms with Crippen LogP contribution in [0.1, 0.15) is 17.3 Å². The molecule has 0 aromatic heterocycles. The molecular weight excluding hydrogens is 177 g/mol. The van der Waals surface area contributed by atoms with E-state index >= 15 is 0 Å². The monoisotopic (exact) mass is 186 g/mol. The smallest absolute Gasteiger partial charge is 0.167 e. The van der Waals surface area contributed by atoms with Gasteiger partial charge in [0.2, 0.25) is 0 Å². The normalized spacial score (nSPS) is 32.7. The van der Waals surface area contributed by atoms with E-state index in [0.29, 0.717) is 11.1 Å². The Hall–Kier alpha value is -0.990. The molecule has 0 aliphatic heterocycles. The van der Waals surface area contributed by atoms with E-state index in [0.717, 1.165) is 0 Å². The molecule has 0 saturated heterocycles.